The van der Waals surface area contributed by atoms with Crippen LogP contribution in [-0.4, -0.2) is 20.5 Å². The molecule has 0 fully saturated rings. The molecule has 0 heterocycles. The van der Waals surface area contributed by atoms with Gasteiger partial charge in [0.15, 0.2) is 11.5 Å². The summed E-state index contributed by atoms with van der Waals surface area (Å²) in [6.07, 6.45) is 2.08. The Labute approximate surface area is 124 Å². The maximum absolute atomic E-state index is 5.31. The molecule has 0 bridgehead atoms. The van der Waals surface area contributed by atoms with Gasteiger partial charge in [0.2, 0.25) is 0 Å². The second kappa shape index (κ2) is 7.10. The van der Waals surface area contributed by atoms with Gasteiger partial charge >= 0.3 is 0 Å². The topological polar surface area (TPSA) is 30.5 Å². The van der Waals surface area contributed by atoms with Crippen LogP contribution in [-0.2, 0) is 6.54 Å². The van der Waals surface area contributed by atoms with Gasteiger partial charge in [-0.3, -0.25) is 0 Å². The third-order valence-electron chi connectivity index (χ3n) is 3.01. The summed E-state index contributed by atoms with van der Waals surface area (Å²) in [7, 11) is 3.29. The Kier molecular flexibility index (Phi) is 5.18. The maximum Gasteiger partial charge on any atom is 0.161 e. The van der Waals surface area contributed by atoms with Crippen molar-refractivity contribution >= 4 is 17.4 Å². The quantitative estimate of drug-likeness (QED) is 0.813. The van der Waals surface area contributed by atoms with E-state index in [-0.39, 0.29) is 0 Å². The number of nitrogens with one attached hydrogen (secondary N) is 1. The molecule has 2 aromatic carbocycles. The van der Waals surface area contributed by atoms with E-state index in [0.29, 0.717) is 0 Å². The number of hydrogen-bond acceptors (Lipinski definition) is 4. The van der Waals surface area contributed by atoms with Crippen LogP contribution in [0, 0.1) is 0 Å². The van der Waals surface area contributed by atoms with Crippen LogP contribution in [0.4, 0.5) is 5.69 Å². The van der Waals surface area contributed by atoms with E-state index in [9.17, 15) is 0 Å². The summed E-state index contributed by atoms with van der Waals surface area (Å²) >= 11 is 1.74. The van der Waals surface area contributed by atoms with Gasteiger partial charge in [-0.25, -0.2) is 0 Å². The zero-order valence-corrected chi connectivity index (χ0v) is 12.8. The van der Waals surface area contributed by atoms with Crippen molar-refractivity contribution in [1.29, 1.82) is 0 Å². The molecule has 0 radical (unpaired) electrons. The van der Waals surface area contributed by atoms with E-state index in [1.165, 1.54) is 4.90 Å². The van der Waals surface area contributed by atoms with Gasteiger partial charge in [0.1, 0.15) is 0 Å². The minimum atomic E-state index is 0.748. The molecular weight excluding hydrogens is 270 g/mol. The van der Waals surface area contributed by atoms with Crippen molar-refractivity contribution < 1.29 is 9.47 Å². The van der Waals surface area contributed by atoms with Crippen LogP contribution in [0.5, 0.6) is 11.5 Å². The highest BCUT2D eigenvalue weighted by molar-refractivity contribution is 7.98. The van der Waals surface area contributed by atoms with E-state index in [1.807, 2.05) is 18.2 Å². The average molecular weight is 289 g/mol. The molecule has 1 N–H and O–H groups in total. The fraction of sp³-hybridized carbons (Fsp3) is 0.250. The molecule has 2 aromatic rings. The summed E-state index contributed by atoms with van der Waals surface area (Å²) in [5, 5.41) is 3.41. The molecule has 0 spiro atoms. The monoisotopic (exact) mass is 289 g/mol. The van der Waals surface area contributed by atoms with Gasteiger partial charge in [0.05, 0.1) is 14.2 Å². The molecule has 0 atom stereocenters. The molecule has 0 saturated carbocycles. The average Bonchev–Trinajstić information content (AvgIpc) is 2.52. The van der Waals surface area contributed by atoms with Gasteiger partial charge in [-0.1, -0.05) is 12.1 Å². The molecule has 3 nitrogen and oxygen atoms in total. The van der Waals surface area contributed by atoms with E-state index >= 15 is 0 Å². The summed E-state index contributed by atoms with van der Waals surface area (Å²) < 4.78 is 10.5. The normalized spacial score (nSPS) is 10.2. The zero-order chi connectivity index (χ0) is 14.4. The fourth-order valence-electron chi connectivity index (χ4n) is 1.93. The second-order valence-electron chi connectivity index (χ2n) is 4.27. The van der Waals surface area contributed by atoms with Gasteiger partial charge in [-0.2, -0.15) is 0 Å². The Morgan fingerprint density at radius 1 is 1.00 bits per heavy atom. The van der Waals surface area contributed by atoms with Crippen LogP contribution in [0.2, 0.25) is 0 Å². The number of thioether (sulfide) groups is 1. The molecule has 0 saturated heterocycles. The third-order valence-corrected chi connectivity index (χ3v) is 3.74. The minimum Gasteiger partial charge on any atom is -0.493 e. The smallest absolute Gasteiger partial charge is 0.161 e. The molecule has 0 unspecified atom stereocenters. The summed E-state index contributed by atoms with van der Waals surface area (Å²) in [6.45, 7) is 0.748. The highest BCUT2D eigenvalue weighted by atomic mass is 32.2. The van der Waals surface area contributed by atoms with Gasteiger partial charge < -0.3 is 14.8 Å². The predicted molar refractivity (Wildman–Crippen MR) is 85.1 cm³/mol. The van der Waals surface area contributed by atoms with Crippen molar-refractivity contribution in [3.63, 3.8) is 0 Å². The first-order valence-corrected chi connectivity index (χ1v) is 7.58. The molecule has 0 aromatic heterocycles. The Balaban J connectivity index is 2.06. The van der Waals surface area contributed by atoms with E-state index < -0.39 is 0 Å². The Hall–Kier alpha value is -1.81. The standard InChI is InChI=1S/C16H19NO2S/c1-18-15-8-7-12(9-16(15)19-2)11-17-13-5-4-6-14(10-13)20-3/h4-10,17H,11H2,1-3H3. The van der Waals surface area contributed by atoms with Crippen molar-refractivity contribution in [2.45, 2.75) is 11.4 Å². The number of ether oxygens (including phenoxy) is 2. The van der Waals surface area contributed by atoms with Crippen LogP contribution in [0.1, 0.15) is 5.56 Å². The lowest BCUT2D eigenvalue weighted by Crippen LogP contribution is -2.00. The predicted octanol–water partition coefficient (Wildman–Crippen LogP) is 4.04. The summed E-state index contributed by atoms with van der Waals surface area (Å²) in [5.74, 6) is 1.50. The van der Waals surface area contributed by atoms with Crippen molar-refractivity contribution in [1.82, 2.24) is 0 Å². The Morgan fingerprint density at radius 2 is 1.80 bits per heavy atom. The Bertz CT molecular complexity index is 572. The Morgan fingerprint density at radius 3 is 2.50 bits per heavy atom. The SMILES string of the molecule is COc1ccc(CNc2cccc(SC)c2)cc1OC. The molecule has 2 rings (SSSR count). The first-order chi connectivity index (χ1) is 9.76. The van der Waals surface area contributed by atoms with Crippen LogP contribution >= 0.6 is 11.8 Å². The molecule has 106 valence electrons. The van der Waals surface area contributed by atoms with Crippen molar-refractivity contribution in [3.8, 4) is 11.5 Å². The molecule has 20 heavy (non-hydrogen) atoms. The van der Waals surface area contributed by atoms with Gasteiger partial charge in [-0.15, -0.1) is 11.8 Å². The van der Waals surface area contributed by atoms with Crippen molar-refractivity contribution in [3.05, 3.63) is 48.0 Å². The van der Waals surface area contributed by atoms with Crippen LogP contribution < -0.4 is 14.8 Å². The summed E-state index contributed by atoms with van der Waals surface area (Å²) in [6, 6.07) is 14.3. The van der Waals surface area contributed by atoms with Gasteiger partial charge in [0, 0.05) is 17.1 Å². The molecule has 0 aliphatic heterocycles. The van der Waals surface area contributed by atoms with E-state index in [1.54, 1.807) is 26.0 Å². The van der Waals surface area contributed by atoms with E-state index in [4.69, 9.17) is 9.47 Å². The molecule has 0 aliphatic carbocycles. The third kappa shape index (κ3) is 3.61. The van der Waals surface area contributed by atoms with E-state index in [2.05, 4.69) is 35.8 Å². The second-order valence-corrected chi connectivity index (χ2v) is 5.15. The molecule has 0 amide bonds. The lowest BCUT2D eigenvalue weighted by molar-refractivity contribution is 0.354. The maximum atomic E-state index is 5.31. The van der Waals surface area contributed by atoms with E-state index in [0.717, 1.165) is 29.3 Å². The van der Waals surface area contributed by atoms with Gasteiger partial charge in [-0.05, 0) is 42.2 Å². The first kappa shape index (κ1) is 14.6. The number of hydrogen-bond donors (Lipinski definition) is 1. The van der Waals surface area contributed by atoms with Crippen LogP contribution in [0.15, 0.2) is 47.4 Å². The number of anilines is 1. The van der Waals surface area contributed by atoms with Crippen LogP contribution in [0.3, 0.4) is 0 Å². The number of rotatable bonds is 6. The zero-order valence-electron chi connectivity index (χ0n) is 12.0. The summed E-state index contributed by atoms with van der Waals surface area (Å²) in [4.78, 5) is 1.25. The number of benzene rings is 2. The largest absolute Gasteiger partial charge is 0.493 e. The highest BCUT2D eigenvalue weighted by Crippen LogP contribution is 2.28. The highest BCUT2D eigenvalue weighted by Gasteiger charge is 2.04. The lowest BCUT2D eigenvalue weighted by Gasteiger charge is -2.11. The first-order valence-electron chi connectivity index (χ1n) is 6.35. The molecular formula is C16H19NO2S. The van der Waals surface area contributed by atoms with Gasteiger partial charge in [0.25, 0.3) is 0 Å². The summed E-state index contributed by atoms with van der Waals surface area (Å²) in [5.41, 5.74) is 2.27. The molecule has 0 aliphatic rings. The molecule has 4 heteroatoms. The number of methoxy groups -OCH3 is 2. The lowest BCUT2D eigenvalue weighted by atomic mass is 10.2. The minimum absolute atomic E-state index is 0.748. The van der Waals surface area contributed by atoms with Crippen molar-refractivity contribution in [2.75, 3.05) is 25.8 Å². The van der Waals surface area contributed by atoms with Crippen molar-refractivity contribution in [2.24, 2.45) is 0 Å². The fourth-order valence-corrected chi connectivity index (χ4v) is 2.39. The van der Waals surface area contributed by atoms with Crippen LogP contribution in [0.25, 0.3) is 0 Å².